The standard InChI is InChI=1S/C27H28FNO5S/c1-19-12-24(6-7-26(19)34-18-27(30)31)35-25-14-21(16-29-8-10-32-11-9-29)13-23(15-25)33-17-20-2-4-22(28)5-3-20/h2-7,12-15H,8-11,16-18H2,1H3,(H,30,31). The minimum Gasteiger partial charge on any atom is -0.489 e. The minimum atomic E-state index is -1.01. The Morgan fingerprint density at radius 2 is 1.77 bits per heavy atom. The normalized spacial score (nSPS) is 14.0. The molecule has 3 aromatic rings. The Kier molecular flexibility index (Phi) is 8.63. The Bertz CT molecular complexity index is 1150. The van der Waals surface area contributed by atoms with Gasteiger partial charge in [0.05, 0.1) is 13.2 Å². The van der Waals surface area contributed by atoms with Crippen LogP contribution in [-0.4, -0.2) is 48.9 Å². The van der Waals surface area contributed by atoms with Gasteiger partial charge in [-0.25, -0.2) is 9.18 Å². The summed E-state index contributed by atoms with van der Waals surface area (Å²) < 4.78 is 30.1. The molecule has 1 aliphatic rings. The van der Waals surface area contributed by atoms with Crippen LogP contribution in [0.3, 0.4) is 0 Å². The van der Waals surface area contributed by atoms with Gasteiger partial charge >= 0.3 is 5.97 Å². The Hall–Kier alpha value is -3.07. The summed E-state index contributed by atoms with van der Waals surface area (Å²) >= 11 is 1.60. The number of hydrogen-bond donors (Lipinski definition) is 1. The molecule has 6 nitrogen and oxygen atoms in total. The smallest absolute Gasteiger partial charge is 0.341 e. The average Bonchev–Trinajstić information content (AvgIpc) is 2.84. The van der Waals surface area contributed by atoms with E-state index in [1.165, 1.54) is 12.1 Å². The quantitative estimate of drug-likeness (QED) is 0.415. The van der Waals surface area contributed by atoms with Crippen molar-refractivity contribution in [2.75, 3.05) is 32.9 Å². The Balaban J connectivity index is 1.51. The van der Waals surface area contributed by atoms with Crippen molar-refractivity contribution in [3.63, 3.8) is 0 Å². The van der Waals surface area contributed by atoms with Gasteiger partial charge in [-0.3, -0.25) is 4.90 Å². The summed E-state index contributed by atoms with van der Waals surface area (Å²) in [6.07, 6.45) is 0. The number of hydrogen-bond acceptors (Lipinski definition) is 6. The van der Waals surface area contributed by atoms with E-state index in [1.54, 1.807) is 30.0 Å². The van der Waals surface area contributed by atoms with Crippen LogP contribution in [-0.2, 0) is 22.7 Å². The summed E-state index contributed by atoms with van der Waals surface area (Å²) in [7, 11) is 0. The van der Waals surface area contributed by atoms with E-state index in [-0.39, 0.29) is 12.4 Å². The molecule has 0 unspecified atom stereocenters. The molecule has 8 heteroatoms. The number of benzene rings is 3. The van der Waals surface area contributed by atoms with Crippen molar-refractivity contribution in [2.24, 2.45) is 0 Å². The number of carbonyl (C=O) groups is 1. The monoisotopic (exact) mass is 497 g/mol. The fraction of sp³-hybridized carbons (Fsp3) is 0.296. The summed E-state index contributed by atoms with van der Waals surface area (Å²) in [5, 5.41) is 8.85. The van der Waals surface area contributed by atoms with Crippen LogP contribution in [0.25, 0.3) is 0 Å². The van der Waals surface area contributed by atoms with Gasteiger partial charge in [-0.1, -0.05) is 23.9 Å². The van der Waals surface area contributed by atoms with Crippen LogP contribution in [0.1, 0.15) is 16.7 Å². The highest BCUT2D eigenvalue weighted by atomic mass is 32.2. The minimum absolute atomic E-state index is 0.269. The third-order valence-corrected chi connectivity index (χ3v) is 6.46. The van der Waals surface area contributed by atoms with Crippen LogP contribution < -0.4 is 9.47 Å². The SMILES string of the molecule is Cc1cc(Sc2cc(CN3CCOCC3)cc(OCc3ccc(F)cc3)c2)ccc1OCC(=O)O. The van der Waals surface area contributed by atoms with E-state index in [4.69, 9.17) is 19.3 Å². The zero-order valence-electron chi connectivity index (χ0n) is 19.5. The van der Waals surface area contributed by atoms with Gasteiger partial charge in [-0.05, 0) is 72.1 Å². The van der Waals surface area contributed by atoms with Gasteiger partial charge in [-0.2, -0.15) is 0 Å². The maximum atomic E-state index is 13.2. The number of carboxylic acid groups (broad SMARTS) is 1. The number of carboxylic acids is 1. The third-order valence-electron chi connectivity index (χ3n) is 5.50. The first-order valence-electron chi connectivity index (χ1n) is 11.4. The fourth-order valence-electron chi connectivity index (χ4n) is 3.75. The molecule has 1 fully saturated rings. The van der Waals surface area contributed by atoms with Crippen LogP contribution in [0.5, 0.6) is 11.5 Å². The molecule has 1 N–H and O–H groups in total. The van der Waals surface area contributed by atoms with Crippen molar-refractivity contribution in [1.29, 1.82) is 0 Å². The molecule has 1 aliphatic heterocycles. The van der Waals surface area contributed by atoms with Crippen molar-refractivity contribution in [2.45, 2.75) is 29.9 Å². The summed E-state index contributed by atoms with van der Waals surface area (Å²) in [6.45, 7) is 5.92. The van der Waals surface area contributed by atoms with Crippen LogP contribution in [0.15, 0.2) is 70.5 Å². The van der Waals surface area contributed by atoms with E-state index in [1.807, 2.05) is 25.1 Å². The van der Waals surface area contributed by atoms with Crippen molar-refractivity contribution >= 4 is 17.7 Å². The molecular weight excluding hydrogens is 469 g/mol. The molecule has 35 heavy (non-hydrogen) atoms. The summed E-state index contributed by atoms with van der Waals surface area (Å²) in [5.74, 6) is 0.0320. The number of nitrogens with zero attached hydrogens (tertiary/aromatic N) is 1. The first-order chi connectivity index (χ1) is 16.9. The molecule has 0 radical (unpaired) electrons. The molecule has 184 valence electrons. The second kappa shape index (κ2) is 12.1. The molecular formula is C27H28FNO5S. The van der Waals surface area contributed by atoms with Gasteiger partial charge < -0.3 is 19.3 Å². The Morgan fingerprint density at radius 1 is 1.00 bits per heavy atom. The second-order valence-electron chi connectivity index (χ2n) is 8.33. The van der Waals surface area contributed by atoms with Crippen LogP contribution in [0, 0.1) is 12.7 Å². The van der Waals surface area contributed by atoms with Crippen LogP contribution in [0.2, 0.25) is 0 Å². The maximum Gasteiger partial charge on any atom is 0.341 e. The van der Waals surface area contributed by atoms with E-state index in [2.05, 4.69) is 17.0 Å². The average molecular weight is 498 g/mol. The molecule has 1 heterocycles. The lowest BCUT2D eigenvalue weighted by molar-refractivity contribution is -0.139. The number of aliphatic carboxylic acids is 1. The lowest BCUT2D eigenvalue weighted by atomic mass is 10.2. The van der Waals surface area contributed by atoms with Crippen molar-refractivity contribution in [3.8, 4) is 11.5 Å². The molecule has 4 rings (SSSR count). The Morgan fingerprint density at radius 3 is 2.49 bits per heavy atom. The molecule has 0 spiro atoms. The third kappa shape index (κ3) is 7.71. The molecule has 1 saturated heterocycles. The van der Waals surface area contributed by atoms with Crippen LogP contribution in [0.4, 0.5) is 4.39 Å². The van der Waals surface area contributed by atoms with Crippen molar-refractivity contribution < 1.29 is 28.5 Å². The predicted octanol–water partition coefficient (Wildman–Crippen LogP) is 5.16. The van der Waals surface area contributed by atoms with E-state index < -0.39 is 5.97 Å². The van der Waals surface area contributed by atoms with E-state index in [0.717, 1.165) is 65.1 Å². The molecule has 0 amide bonds. The van der Waals surface area contributed by atoms with Gasteiger partial charge in [0.15, 0.2) is 6.61 Å². The first-order valence-corrected chi connectivity index (χ1v) is 12.2. The van der Waals surface area contributed by atoms with Gasteiger partial charge in [0.2, 0.25) is 0 Å². The lowest BCUT2D eigenvalue weighted by Crippen LogP contribution is -2.35. The van der Waals surface area contributed by atoms with E-state index in [9.17, 15) is 9.18 Å². The summed E-state index contributed by atoms with van der Waals surface area (Å²) in [6, 6.07) is 18.2. The topological polar surface area (TPSA) is 68.2 Å². The van der Waals surface area contributed by atoms with E-state index in [0.29, 0.717) is 12.4 Å². The fourth-order valence-corrected chi connectivity index (χ4v) is 4.78. The van der Waals surface area contributed by atoms with Gasteiger partial charge in [0, 0.05) is 29.4 Å². The van der Waals surface area contributed by atoms with Gasteiger partial charge in [0.25, 0.3) is 0 Å². The molecule has 3 aromatic carbocycles. The number of ether oxygens (including phenoxy) is 3. The molecule has 0 atom stereocenters. The summed E-state index contributed by atoms with van der Waals surface area (Å²) in [4.78, 5) is 15.2. The highest BCUT2D eigenvalue weighted by Gasteiger charge is 2.13. The Labute approximate surface area is 208 Å². The number of rotatable bonds is 10. The first kappa shape index (κ1) is 25.0. The molecule has 0 aliphatic carbocycles. The number of aryl methyl sites for hydroxylation is 1. The summed E-state index contributed by atoms with van der Waals surface area (Å²) in [5.41, 5.74) is 2.91. The second-order valence-corrected chi connectivity index (χ2v) is 9.48. The highest BCUT2D eigenvalue weighted by molar-refractivity contribution is 7.99. The largest absolute Gasteiger partial charge is 0.489 e. The van der Waals surface area contributed by atoms with Gasteiger partial charge in [0.1, 0.15) is 23.9 Å². The molecule has 0 aromatic heterocycles. The molecule has 0 bridgehead atoms. The highest BCUT2D eigenvalue weighted by Crippen LogP contribution is 2.34. The van der Waals surface area contributed by atoms with Gasteiger partial charge in [-0.15, -0.1) is 0 Å². The number of halogens is 1. The van der Waals surface area contributed by atoms with E-state index >= 15 is 0 Å². The zero-order chi connectivity index (χ0) is 24.6. The van der Waals surface area contributed by atoms with Crippen molar-refractivity contribution in [3.05, 3.63) is 83.2 Å². The maximum absolute atomic E-state index is 13.2. The predicted molar refractivity (Wildman–Crippen MR) is 132 cm³/mol. The van der Waals surface area contributed by atoms with Crippen LogP contribution >= 0.6 is 11.8 Å². The zero-order valence-corrected chi connectivity index (χ0v) is 20.4. The lowest BCUT2D eigenvalue weighted by Gasteiger charge is -2.27. The van der Waals surface area contributed by atoms with Crippen molar-refractivity contribution in [1.82, 2.24) is 4.90 Å². The number of morpholine rings is 1. The molecule has 0 saturated carbocycles.